The van der Waals surface area contributed by atoms with Crippen LogP contribution in [-0.4, -0.2) is 30.4 Å². The first-order chi connectivity index (χ1) is 8.95. The van der Waals surface area contributed by atoms with E-state index in [0.29, 0.717) is 5.84 Å². The zero-order chi connectivity index (χ0) is 14.3. The Hall–Kier alpha value is -0.570. The van der Waals surface area contributed by atoms with Crippen LogP contribution in [0.1, 0.15) is 65.7 Å². The van der Waals surface area contributed by atoms with Crippen molar-refractivity contribution in [1.29, 1.82) is 5.41 Å². The van der Waals surface area contributed by atoms with E-state index in [1.807, 2.05) is 0 Å². The van der Waals surface area contributed by atoms with Gasteiger partial charge in [0.2, 0.25) is 0 Å². The topological polar surface area (TPSA) is 53.1 Å². The molecule has 1 aliphatic heterocycles. The molecule has 0 bridgehead atoms. The highest BCUT2D eigenvalue weighted by molar-refractivity contribution is 5.82. The molecule has 0 aromatic carbocycles. The normalized spacial score (nSPS) is 22.2. The second-order valence-electron chi connectivity index (χ2n) is 6.83. The van der Waals surface area contributed by atoms with Crippen molar-refractivity contribution in [1.82, 2.24) is 4.90 Å². The summed E-state index contributed by atoms with van der Waals surface area (Å²) in [5.74, 6) is 1.29. The van der Waals surface area contributed by atoms with Gasteiger partial charge in [-0.2, -0.15) is 0 Å². The van der Waals surface area contributed by atoms with E-state index in [1.165, 1.54) is 51.7 Å². The highest BCUT2D eigenvalue weighted by Crippen LogP contribution is 2.24. The molecule has 1 atom stereocenters. The van der Waals surface area contributed by atoms with Gasteiger partial charge in [-0.25, -0.2) is 0 Å². The van der Waals surface area contributed by atoms with E-state index < -0.39 is 0 Å². The molecule has 112 valence electrons. The summed E-state index contributed by atoms with van der Waals surface area (Å²) in [4.78, 5) is 2.62. The van der Waals surface area contributed by atoms with Crippen molar-refractivity contribution in [3.63, 3.8) is 0 Å². The molecule has 0 aromatic rings. The predicted octanol–water partition coefficient (Wildman–Crippen LogP) is 3.63. The van der Waals surface area contributed by atoms with Crippen molar-refractivity contribution in [3.05, 3.63) is 0 Å². The fourth-order valence-electron chi connectivity index (χ4n) is 3.02. The fourth-order valence-corrected chi connectivity index (χ4v) is 3.02. The Morgan fingerprint density at radius 3 is 2.68 bits per heavy atom. The Morgan fingerprint density at radius 1 is 1.32 bits per heavy atom. The quantitative estimate of drug-likeness (QED) is 0.546. The molecule has 0 amide bonds. The molecule has 3 N–H and O–H groups in total. The lowest BCUT2D eigenvalue weighted by atomic mass is 9.86. The summed E-state index contributed by atoms with van der Waals surface area (Å²) >= 11 is 0. The molecule has 1 rings (SSSR count). The van der Waals surface area contributed by atoms with Crippen LogP contribution in [0.2, 0.25) is 0 Å². The van der Waals surface area contributed by atoms with Crippen LogP contribution < -0.4 is 5.73 Å². The summed E-state index contributed by atoms with van der Waals surface area (Å²) < 4.78 is 0. The largest absolute Gasteiger partial charge is 0.387 e. The summed E-state index contributed by atoms with van der Waals surface area (Å²) in [5.41, 5.74) is 5.51. The van der Waals surface area contributed by atoms with E-state index in [0.717, 1.165) is 18.8 Å². The van der Waals surface area contributed by atoms with Crippen LogP contribution in [0.5, 0.6) is 0 Å². The third kappa shape index (κ3) is 5.94. The molecule has 0 spiro atoms. The smallest absolute Gasteiger partial charge is 0.0963 e. The first-order valence-corrected chi connectivity index (χ1v) is 8.02. The van der Waals surface area contributed by atoms with Crippen molar-refractivity contribution in [2.24, 2.45) is 17.1 Å². The zero-order valence-electron chi connectivity index (χ0n) is 13.2. The van der Waals surface area contributed by atoms with Crippen molar-refractivity contribution in [2.75, 3.05) is 19.6 Å². The van der Waals surface area contributed by atoms with Crippen molar-refractivity contribution >= 4 is 5.84 Å². The van der Waals surface area contributed by atoms with Crippen LogP contribution >= 0.6 is 0 Å². The first-order valence-electron chi connectivity index (χ1n) is 8.02. The van der Waals surface area contributed by atoms with Gasteiger partial charge in [-0.05, 0) is 57.7 Å². The molecule has 3 heteroatoms. The number of hydrogen-bond acceptors (Lipinski definition) is 2. The molecule has 1 fully saturated rings. The van der Waals surface area contributed by atoms with E-state index >= 15 is 0 Å². The summed E-state index contributed by atoms with van der Waals surface area (Å²) in [6.07, 6.45) is 9.08. The number of likely N-dealkylation sites (tertiary alicyclic amines) is 1. The van der Waals surface area contributed by atoms with E-state index in [2.05, 4.69) is 25.7 Å². The Morgan fingerprint density at radius 2 is 2.05 bits per heavy atom. The highest BCUT2D eigenvalue weighted by atomic mass is 15.1. The van der Waals surface area contributed by atoms with Gasteiger partial charge >= 0.3 is 0 Å². The van der Waals surface area contributed by atoms with Gasteiger partial charge in [-0.1, -0.05) is 33.6 Å². The van der Waals surface area contributed by atoms with Gasteiger partial charge in [0, 0.05) is 5.41 Å². The lowest BCUT2D eigenvalue weighted by Crippen LogP contribution is -2.32. The number of amidine groups is 1. The predicted molar refractivity (Wildman–Crippen MR) is 83.6 cm³/mol. The Labute approximate surface area is 119 Å². The molecule has 19 heavy (non-hydrogen) atoms. The van der Waals surface area contributed by atoms with Gasteiger partial charge < -0.3 is 10.6 Å². The molecule has 0 radical (unpaired) electrons. The molecule has 0 aliphatic carbocycles. The minimum absolute atomic E-state index is 0.128. The summed E-state index contributed by atoms with van der Waals surface area (Å²) in [7, 11) is 0. The molecule has 1 aliphatic rings. The van der Waals surface area contributed by atoms with Crippen LogP contribution in [-0.2, 0) is 0 Å². The average Bonchev–Trinajstić information content (AvgIpc) is 2.55. The molecular weight excluding hydrogens is 234 g/mol. The average molecular weight is 267 g/mol. The van der Waals surface area contributed by atoms with Crippen LogP contribution in [0, 0.1) is 16.7 Å². The fraction of sp³-hybridized carbons (Fsp3) is 0.938. The van der Waals surface area contributed by atoms with Gasteiger partial charge in [0.05, 0.1) is 5.84 Å². The number of nitrogens with zero attached hydrogens (tertiary/aromatic N) is 1. The van der Waals surface area contributed by atoms with E-state index in [9.17, 15) is 0 Å². The molecule has 3 nitrogen and oxygen atoms in total. The second kappa shape index (κ2) is 7.88. The van der Waals surface area contributed by atoms with Gasteiger partial charge in [0.15, 0.2) is 0 Å². The summed E-state index contributed by atoms with van der Waals surface area (Å²) in [6, 6.07) is 0. The van der Waals surface area contributed by atoms with Gasteiger partial charge in [0.25, 0.3) is 0 Å². The monoisotopic (exact) mass is 267 g/mol. The molecule has 0 aromatic heterocycles. The maximum Gasteiger partial charge on any atom is 0.0963 e. The SMILES string of the molecule is CCCC1CCCN(CCCC(C)(C)C(=N)N)CC1. The third-order valence-electron chi connectivity index (χ3n) is 4.64. The van der Waals surface area contributed by atoms with Gasteiger partial charge in [0.1, 0.15) is 0 Å². The van der Waals surface area contributed by atoms with E-state index in [1.54, 1.807) is 0 Å². The van der Waals surface area contributed by atoms with Crippen LogP contribution in [0.15, 0.2) is 0 Å². The molecule has 1 unspecified atom stereocenters. The Kier molecular flexibility index (Phi) is 6.84. The van der Waals surface area contributed by atoms with Crippen LogP contribution in [0.3, 0.4) is 0 Å². The lowest BCUT2D eigenvalue weighted by Gasteiger charge is -2.25. The molecule has 1 saturated heterocycles. The lowest BCUT2D eigenvalue weighted by molar-refractivity contribution is 0.262. The summed E-state index contributed by atoms with van der Waals surface area (Å²) in [5, 5.41) is 7.59. The molecule has 0 saturated carbocycles. The molecular formula is C16H33N3. The maximum absolute atomic E-state index is 7.59. The number of hydrogen-bond donors (Lipinski definition) is 2. The van der Waals surface area contributed by atoms with Gasteiger partial charge in [-0.15, -0.1) is 0 Å². The second-order valence-corrected chi connectivity index (χ2v) is 6.83. The van der Waals surface area contributed by atoms with E-state index in [-0.39, 0.29) is 5.41 Å². The number of nitrogens with one attached hydrogen (secondary N) is 1. The van der Waals surface area contributed by atoms with Crippen molar-refractivity contribution in [3.8, 4) is 0 Å². The number of rotatable bonds is 7. The minimum atomic E-state index is -0.128. The number of nitrogens with two attached hydrogens (primary N) is 1. The minimum Gasteiger partial charge on any atom is -0.387 e. The standard InChI is InChI=1S/C16H33N3/c1-4-7-14-8-5-11-19(13-9-14)12-6-10-16(2,3)15(17)18/h14H,4-13H2,1-3H3,(H3,17,18). The first kappa shape index (κ1) is 16.5. The van der Waals surface area contributed by atoms with Crippen molar-refractivity contribution in [2.45, 2.75) is 65.7 Å². The maximum atomic E-state index is 7.59. The summed E-state index contributed by atoms with van der Waals surface area (Å²) in [6.45, 7) is 10.2. The van der Waals surface area contributed by atoms with Gasteiger partial charge in [-0.3, -0.25) is 5.41 Å². The zero-order valence-corrected chi connectivity index (χ0v) is 13.2. The van der Waals surface area contributed by atoms with Crippen molar-refractivity contribution < 1.29 is 0 Å². The highest BCUT2D eigenvalue weighted by Gasteiger charge is 2.22. The van der Waals surface area contributed by atoms with Crippen LogP contribution in [0.4, 0.5) is 0 Å². The Bertz CT molecular complexity index is 273. The van der Waals surface area contributed by atoms with E-state index in [4.69, 9.17) is 11.1 Å². The Balaban J connectivity index is 2.25. The molecule has 1 heterocycles. The third-order valence-corrected chi connectivity index (χ3v) is 4.64. The van der Waals surface area contributed by atoms with Crippen LogP contribution in [0.25, 0.3) is 0 Å².